The van der Waals surface area contributed by atoms with E-state index in [0.717, 1.165) is 27.8 Å². The molecule has 0 atom stereocenters. The topological polar surface area (TPSA) is 55.8 Å². The van der Waals surface area contributed by atoms with Gasteiger partial charge in [-0.25, -0.2) is 4.39 Å². The second kappa shape index (κ2) is 10.1. The maximum atomic E-state index is 14.8. The molecule has 0 amide bonds. The molecular weight excluding hydrogens is 419 g/mol. The van der Waals surface area contributed by atoms with E-state index in [1.807, 2.05) is 43.3 Å². The summed E-state index contributed by atoms with van der Waals surface area (Å²) in [5.41, 5.74) is 5.10. The van der Waals surface area contributed by atoms with Gasteiger partial charge in [0.25, 0.3) is 0 Å². The summed E-state index contributed by atoms with van der Waals surface area (Å²) in [5.74, 6) is 0.204. The monoisotopic (exact) mass is 450 g/mol. The molecule has 0 saturated carbocycles. The highest BCUT2D eigenvalue weighted by Crippen LogP contribution is 2.36. The molecule has 0 aromatic heterocycles. The fourth-order valence-corrected chi connectivity index (χ4v) is 3.84. The number of aliphatic carboxylic acids is 1. The fraction of sp³-hybridized carbons (Fsp3) is 0.321. The smallest absolute Gasteiger partial charge is 0.303 e. The second-order valence-corrected chi connectivity index (χ2v) is 9.25. The molecule has 3 aromatic rings. The van der Waals surface area contributed by atoms with Crippen LogP contribution in [0.1, 0.15) is 49.4 Å². The number of methoxy groups -OCH3 is 1. The van der Waals surface area contributed by atoms with Crippen LogP contribution in [0.25, 0.3) is 11.1 Å². The minimum Gasteiger partial charge on any atom is -0.497 e. The number of carbonyl (C=O) groups is 1. The van der Waals surface area contributed by atoms with E-state index < -0.39 is 5.97 Å². The van der Waals surface area contributed by atoms with Crippen molar-refractivity contribution in [1.82, 2.24) is 0 Å². The Kier molecular flexibility index (Phi) is 7.42. The Hall–Kier alpha value is -3.34. The van der Waals surface area contributed by atoms with Crippen molar-refractivity contribution in [2.75, 3.05) is 7.11 Å². The lowest BCUT2D eigenvalue weighted by molar-refractivity contribution is -0.136. The molecule has 1 N–H and O–H groups in total. The second-order valence-electron chi connectivity index (χ2n) is 9.25. The van der Waals surface area contributed by atoms with Gasteiger partial charge in [0, 0.05) is 12.0 Å². The highest BCUT2D eigenvalue weighted by Gasteiger charge is 2.21. The molecule has 0 spiro atoms. The van der Waals surface area contributed by atoms with Gasteiger partial charge in [-0.05, 0) is 83.0 Å². The van der Waals surface area contributed by atoms with E-state index in [1.165, 1.54) is 6.07 Å². The van der Waals surface area contributed by atoms with Gasteiger partial charge < -0.3 is 14.6 Å². The highest BCUT2D eigenvalue weighted by molar-refractivity contribution is 5.71. The number of halogens is 1. The largest absolute Gasteiger partial charge is 0.497 e. The molecule has 33 heavy (non-hydrogen) atoms. The molecule has 0 heterocycles. The molecule has 174 valence electrons. The quantitative estimate of drug-likeness (QED) is 0.415. The highest BCUT2D eigenvalue weighted by atomic mass is 19.1. The predicted molar refractivity (Wildman–Crippen MR) is 129 cm³/mol. The third-order valence-corrected chi connectivity index (χ3v) is 5.68. The zero-order chi connectivity index (χ0) is 24.2. The lowest BCUT2D eigenvalue weighted by Crippen LogP contribution is -2.13. The zero-order valence-corrected chi connectivity index (χ0v) is 19.9. The zero-order valence-electron chi connectivity index (χ0n) is 19.9. The van der Waals surface area contributed by atoms with Crippen LogP contribution >= 0.6 is 0 Å². The summed E-state index contributed by atoms with van der Waals surface area (Å²) in [7, 11) is 1.57. The van der Waals surface area contributed by atoms with Crippen LogP contribution in [0, 0.1) is 12.7 Å². The molecule has 4 nitrogen and oxygen atoms in total. The Bertz CT molecular complexity index is 1150. The van der Waals surface area contributed by atoms with Gasteiger partial charge in [0.05, 0.1) is 7.11 Å². The van der Waals surface area contributed by atoms with E-state index in [4.69, 9.17) is 14.6 Å². The lowest BCUT2D eigenvalue weighted by atomic mass is 9.81. The Morgan fingerprint density at radius 3 is 2.33 bits per heavy atom. The third-order valence-electron chi connectivity index (χ3n) is 5.68. The number of aryl methyl sites for hydroxylation is 2. The van der Waals surface area contributed by atoms with Crippen molar-refractivity contribution < 1.29 is 23.8 Å². The maximum absolute atomic E-state index is 14.8. The first kappa shape index (κ1) is 24.3. The number of hydrogen-bond donors (Lipinski definition) is 1. The lowest BCUT2D eigenvalue weighted by Gasteiger charge is -2.24. The predicted octanol–water partition coefficient (Wildman–Crippen LogP) is 6.70. The van der Waals surface area contributed by atoms with Crippen molar-refractivity contribution in [2.45, 2.75) is 52.6 Å². The molecule has 0 aliphatic carbocycles. The molecule has 0 aliphatic rings. The van der Waals surface area contributed by atoms with Crippen LogP contribution in [0.2, 0.25) is 0 Å². The van der Waals surface area contributed by atoms with Crippen LogP contribution in [0.5, 0.6) is 11.5 Å². The summed E-state index contributed by atoms with van der Waals surface area (Å²) in [6, 6.07) is 16.5. The van der Waals surface area contributed by atoms with E-state index in [1.54, 1.807) is 19.2 Å². The van der Waals surface area contributed by atoms with Crippen molar-refractivity contribution in [3.05, 3.63) is 82.7 Å². The summed E-state index contributed by atoms with van der Waals surface area (Å²) < 4.78 is 26.1. The summed E-state index contributed by atoms with van der Waals surface area (Å²) >= 11 is 0. The Morgan fingerprint density at radius 2 is 1.70 bits per heavy atom. The Morgan fingerprint density at radius 1 is 0.970 bits per heavy atom. The first-order chi connectivity index (χ1) is 15.6. The third kappa shape index (κ3) is 6.13. The molecule has 0 bridgehead atoms. The van der Waals surface area contributed by atoms with Crippen molar-refractivity contribution in [1.29, 1.82) is 0 Å². The molecule has 0 unspecified atom stereocenters. The SMILES string of the molecule is COc1ccc(F)c(-c2cc(COc3ccc(CCC(=O)O)c(C)c3)ccc2C(C)(C)C)c1. The van der Waals surface area contributed by atoms with Crippen molar-refractivity contribution in [2.24, 2.45) is 0 Å². The standard InChI is InChI=1S/C28H31FO4/c1-18-14-22(9-7-20(18)8-13-27(30)31)33-17-19-6-11-25(28(2,3)4)23(15-19)24-16-21(32-5)10-12-26(24)29/h6-7,9-12,14-16H,8,13,17H2,1-5H3,(H,30,31). The minimum atomic E-state index is -0.809. The number of hydrogen-bond acceptors (Lipinski definition) is 3. The van der Waals surface area contributed by atoms with Crippen LogP contribution in [0.4, 0.5) is 4.39 Å². The van der Waals surface area contributed by atoms with Crippen LogP contribution in [0.15, 0.2) is 54.6 Å². The van der Waals surface area contributed by atoms with Crippen LogP contribution < -0.4 is 9.47 Å². The Balaban J connectivity index is 1.87. The van der Waals surface area contributed by atoms with Crippen LogP contribution in [0.3, 0.4) is 0 Å². The summed E-state index contributed by atoms with van der Waals surface area (Å²) in [5, 5.41) is 8.90. The average molecular weight is 451 g/mol. The summed E-state index contributed by atoms with van der Waals surface area (Å²) in [4.78, 5) is 10.8. The van der Waals surface area contributed by atoms with E-state index in [9.17, 15) is 9.18 Å². The van der Waals surface area contributed by atoms with Crippen molar-refractivity contribution >= 4 is 5.97 Å². The minimum absolute atomic E-state index is 0.102. The number of benzene rings is 3. The number of rotatable bonds is 8. The van der Waals surface area contributed by atoms with Crippen LogP contribution in [-0.4, -0.2) is 18.2 Å². The van der Waals surface area contributed by atoms with E-state index in [0.29, 0.717) is 30.1 Å². The normalized spacial score (nSPS) is 11.3. The molecule has 0 aliphatic heterocycles. The first-order valence-electron chi connectivity index (χ1n) is 11.0. The van der Waals surface area contributed by atoms with Crippen LogP contribution in [-0.2, 0) is 23.2 Å². The van der Waals surface area contributed by atoms with Gasteiger partial charge in [0.1, 0.15) is 23.9 Å². The van der Waals surface area contributed by atoms with Crippen molar-refractivity contribution in [3.8, 4) is 22.6 Å². The molecule has 0 radical (unpaired) electrons. The van der Waals surface area contributed by atoms with Crippen molar-refractivity contribution in [3.63, 3.8) is 0 Å². The molecule has 3 aromatic carbocycles. The average Bonchev–Trinajstić information content (AvgIpc) is 2.76. The number of carboxylic acids is 1. The number of carboxylic acid groups (broad SMARTS) is 1. The van der Waals surface area contributed by atoms with Gasteiger partial charge in [-0.15, -0.1) is 0 Å². The van der Waals surface area contributed by atoms with Gasteiger partial charge in [-0.3, -0.25) is 4.79 Å². The van der Waals surface area contributed by atoms with Gasteiger partial charge in [-0.2, -0.15) is 0 Å². The van der Waals surface area contributed by atoms with Gasteiger partial charge in [0.2, 0.25) is 0 Å². The molecule has 5 heteroatoms. The van der Waals surface area contributed by atoms with E-state index >= 15 is 0 Å². The fourth-order valence-electron chi connectivity index (χ4n) is 3.84. The number of ether oxygens (including phenoxy) is 2. The van der Waals surface area contributed by atoms with E-state index in [-0.39, 0.29) is 17.7 Å². The molecule has 3 rings (SSSR count). The van der Waals surface area contributed by atoms with Gasteiger partial charge in [-0.1, -0.05) is 39.0 Å². The summed E-state index contributed by atoms with van der Waals surface area (Å²) in [6.45, 7) is 8.60. The summed E-state index contributed by atoms with van der Waals surface area (Å²) in [6.07, 6.45) is 0.593. The van der Waals surface area contributed by atoms with E-state index in [2.05, 4.69) is 20.8 Å². The van der Waals surface area contributed by atoms with Gasteiger partial charge in [0.15, 0.2) is 0 Å². The molecular formula is C28H31FO4. The molecule has 0 fully saturated rings. The first-order valence-corrected chi connectivity index (χ1v) is 11.0. The molecule has 0 saturated heterocycles. The van der Waals surface area contributed by atoms with Gasteiger partial charge >= 0.3 is 5.97 Å². The maximum Gasteiger partial charge on any atom is 0.303 e. The Labute approximate surface area is 195 Å².